The zero-order valence-corrected chi connectivity index (χ0v) is 12.7. The molecule has 1 aromatic carbocycles. The van der Waals surface area contributed by atoms with Gasteiger partial charge in [-0.1, -0.05) is 23.7 Å². The Bertz CT molecular complexity index is 723. The molecule has 0 saturated carbocycles. The van der Waals surface area contributed by atoms with Crippen LogP contribution in [0.25, 0.3) is 10.9 Å². The number of benzene rings is 1. The average Bonchev–Trinajstić information content (AvgIpc) is 2.89. The van der Waals surface area contributed by atoms with Crippen molar-refractivity contribution in [3.63, 3.8) is 0 Å². The Morgan fingerprint density at radius 1 is 1.25 bits per heavy atom. The monoisotopic (exact) mass is 302 g/mol. The fourth-order valence-electron chi connectivity index (χ4n) is 2.36. The minimum atomic E-state index is 0.286. The smallest absolute Gasteiger partial charge is 0.0931 e. The van der Waals surface area contributed by atoms with Crippen LogP contribution in [0.15, 0.2) is 48.7 Å². The molecule has 0 fully saturated rings. The molecule has 102 valence electrons. The fraction of sp³-hybridized carbons (Fsp3) is 0.188. The van der Waals surface area contributed by atoms with E-state index < -0.39 is 0 Å². The molecule has 1 N–H and O–H groups in total. The third-order valence-electron chi connectivity index (χ3n) is 3.41. The number of likely N-dealkylation sites (N-methyl/N-ethyl adjacent to an activating group) is 1. The number of aromatic nitrogens is 1. The molecule has 0 amide bonds. The molecule has 0 spiro atoms. The van der Waals surface area contributed by atoms with E-state index in [0.717, 1.165) is 16.3 Å². The number of nitrogens with zero attached hydrogens (tertiary/aromatic N) is 1. The molecule has 2 aromatic heterocycles. The largest absolute Gasteiger partial charge is 0.313 e. The highest BCUT2D eigenvalue weighted by atomic mass is 35.5. The van der Waals surface area contributed by atoms with Crippen molar-refractivity contribution in [1.82, 2.24) is 10.3 Å². The Balaban J connectivity index is 1.90. The van der Waals surface area contributed by atoms with Crippen molar-refractivity contribution in [3.8, 4) is 0 Å². The molecule has 2 nitrogen and oxygen atoms in total. The van der Waals surface area contributed by atoms with Gasteiger partial charge in [0.2, 0.25) is 0 Å². The predicted molar refractivity (Wildman–Crippen MR) is 86.6 cm³/mol. The quantitative estimate of drug-likeness (QED) is 0.770. The normalized spacial score (nSPS) is 12.7. The maximum Gasteiger partial charge on any atom is 0.0931 e. The lowest BCUT2D eigenvalue weighted by Gasteiger charge is -2.16. The second-order valence-electron chi connectivity index (χ2n) is 4.71. The van der Waals surface area contributed by atoms with Gasteiger partial charge in [-0.15, -0.1) is 11.3 Å². The summed E-state index contributed by atoms with van der Waals surface area (Å²) in [6.45, 7) is 0. The van der Waals surface area contributed by atoms with E-state index in [1.165, 1.54) is 15.8 Å². The van der Waals surface area contributed by atoms with E-state index in [-0.39, 0.29) is 6.04 Å². The van der Waals surface area contributed by atoms with E-state index in [1.54, 1.807) is 11.3 Å². The van der Waals surface area contributed by atoms with Crippen LogP contribution in [-0.4, -0.2) is 12.0 Å². The average molecular weight is 303 g/mol. The predicted octanol–water partition coefficient (Wildman–Crippen LogP) is 4.45. The number of thiophene rings is 1. The minimum Gasteiger partial charge on any atom is -0.313 e. The Hall–Kier alpha value is -1.42. The lowest BCUT2D eigenvalue weighted by atomic mass is 10.0. The summed E-state index contributed by atoms with van der Waals surface area (Å²) in [7, 11) is 1.99. The molecule has 0 bridgehead atoms. The van der Waals surface area contributed by atoms with Crippen LogP contribution in [0.5, 0.6) is 0 Å². The number of halogens is 1. The zero-order valence-electron chi connectivity index (χ0n) is 11.1. The van der Waals surface area contributed by atoms with Gasteiger partial charge in [-0.25, -0.2) is 0 Å². The van der Waals surface area contributed by atoms with Gasteiger partial charge in [0.1, 0.15) is 0 Å². The number of fused-ring (bicyclic) bond motifs is 1. The highest BCUT2D eigenvalue weighted by molar-refractivity contribution is 7.16. The summed E-state index contributed by atoms with van der Waals surface area (Å²) in [6.07, 6.45) is 2.77. The molecule has 2 heterocycles. The van der Waals surface area contributed by atoms with E-state index in [0.29, 0.717) is 0 Å². The Kier molecular flexibility index (Phi) is 4.01. The van der Waals surface area contributed by atoms with Crippen LogP contribution < -0.4 is 5.32 Å². The number of rotatable bonds is 4. The molecule has 0 radical (unpaired) electrons. The minimum absolute atomic E-state index is 0.286. The summed E-state index contributed by atoms with van der Waals surface area (Å²) in [5.74, 6) is 0. The highest BCUT2D eigenvalue weighted by Crippen LogP contribution is 2.27. The summed E-state index contributed by atoms with van der Waals surface area (Å²) in [6, 6.07) is 14.8. The van der Waals surface area contributed by atoms with Crippen molar-refractivity contribution in [1.29, 1.82) is 0 Å². The molecule has 1 unspecified atom stereocenters. The summed E-state index contributed by atoms with van der Waals surface area (Å²) in [5, 5.41) is 4.56. The van der Waals surface area contributed by atoms with Gasteiger partial charge in [-0.2, -0.15) is 0 Å². The van der Waals surface area contributed by atoms with E-state index >= 15 is 0 Å². The van der Waals surface area contributed by atoms with Gasteiger partial charge in [0.15, 0.2) is 0 Å². The fourth-order valence-corrected chi connectivity index (χ4v) is 3.49. The maximum atomic E-state index is 6.00. The first-order valence-corrected chi connectivity index (χ1v) is 7.72. The SMILES string of the molecule is CNC(Cc1ccc(Cl)s1)c1ccc2ncccc2c1. The van der Waals surface area contributed by atoms with Gasteiger partial charge in [-0.05, 0) is 42.9 Å². The molecule has 20 heavy (non-hydrogen) atoms. The third-order valence-corrected chi connectivity index (χ3v) is 4.67. The number of hydrogen-bond acceptors (Lipinski definition) is 3. The van der Waals surface area contributed by atoms with Gasteiger partial charge in [-0.3, -0.25) is 4.98 Å². The summed E-state index contributed by atoms with van der Waals surface area (Å²) < 4.78 is 0.845. The first-order chi connectivity index (χ1) is 9.76. The van der Waals surface area contributed by atoms with Crippen LogP contribution in [0.3, 0.4) is 0 Å². The molecule has 0 saturated heterocycles. The Morgan fingerprint density at radius 2 is 2.15 bits per heavy atom. The summed E-state index contributed by atoms with van der Waals surface area (Å²) in [4.78, 5) is 5.65. The van der Waals surface area contributed by atoms with Gasteiger partial charge < -0.3 is 5.32 Å². The lowest BCUT2D eigenvalue weighted by molar-refractivity contribution is 0.597. The standard InChI is InChI=1S/C16H15ClN2S/c1-18-15(10-13-5-7-16(17)20-13)12-4-6-14-11(9-12)3-2-8-19-14/h2-9,15,18H,10H2,1H3. The molecular weight excluding hydrogens is 288 g/mol. The second-order valence-corrected chi connectivity index (χ2v) is 6.51. The Morgan fingerprint density at radius 3 is 2.90 bits per heavy atom. The third kappa shape index (κ3) is 2.85. The van der Waals surface area contributed by atoms with Gasteiger partial charge in [0, 0.05) is 28.9 Å². The van der Waals surface area contributed by atoms with Gasteiger partial charge in [0.05, 0.1) is 9.85 Å². The van der Waals surface area contributed by atoms with Crippen molar-refractivity contribution in [2.75, 3.05) is 7.05 Å². The molecule has 4 heteroatoms. The van der Waals surface area contributed by atoms with Crippen molar-refractivity contribution in [3.05, 3.63) is 63.4 Å². The first kappa shape index (κ1) is 13.6. The molecular formula is C16H15ClN2S. The Labute approximate surface area is 127 Å². The summed E-state index contributed by atoms with van der Waals surface area (Å²) in [5.41, 5.74) is 2.31. The van der Waals surface area contributed by atoms with Crippen molar-refractivity contribution >= 4 is 33.8 Å². The number of pyridine rings is 1. The number of nitrogens with one attached hydrogen (secondary N) is 1. The van der Waals surface area contributed by atoms with Crippen LogP contribution in [0.4, 0.5) is 0 Å². The van der Waals surface area contributed by atoms with E-state index in [1.807, 2.05) is 25.4 Å². The van der Waals surface area contributed by atoms with Crippen LogP contribution in [-0.2, 0) is 6.42 Å². The van der Waals surface area contributed by atoms with E-state index in [9.17, 15) is 0 Å². The van der Waals surface area contributed by atoms with Crippen LogP contribution in [0.2, 0.25) is 4.34 Å². The summed E-state index contributed by atoms with van der Waals surface area (Å²) >= 11 is 7.64. The maximum absolute atomic E-state index is 6.00. The molecule has 0 aliphatic heterocycles. The lowest BCUT2D eigenvalue weighted by Crippen LogP contribution is -2.18. The second kappa shape index (κ2) is 5.92. The first-order valence-electron chi connectivity index (χ1n) is 6.52. The van der Waals surface area contributed by atoms with Crippen LogP contribution in [0.1, 0.15) is 16.5 Å². The van der Waals surface area contributed by atoms with Crippen LogP contribution >= 0.6 is 22.9 Å². The topological polar surface area (TPSA) is 24.9 Å². The highest BCUT2D eigenvalue weighted by Gasteiger charge is 2.12. The van der Waals surface area contributed by atoms with Gasteiger partial charge in [0.25, 0.3) is 0 Å². The van der Waals surface area contributed by atoms with E-state index in [4.69, 9.17) is 11.6 Å². The molecule has 3 rings (SSSR count). The molecule has 0 aliphatic carbocycles. The molecule has 0 aliphatic rings. The van der Waals surface area contributed by atoms with Crippen molar-refractivity contribution < 1.29 is 0 Å². The van der Waals surface area contributed by atoms with Crippen molar-refractivity contribution in [2.24, 2.45) is 0 Å². The zero-order chi connectivity index (χ0) is 13.9. The van der Waals surface area contributed by atoms with Crippen LogP contribution in [0, 0.1) is 0 Å². The molecule has 3 aromatic rings. The molecule has 1 atom stereocenters. The van der Waals surface area contributed by atoms with Gasteiger partial charge >= 0.3 is 0 Å². The van der Waals surface area contributed by atoms with E-state index in [2.05, 4.69) is 40.6 Å². The number of hydrogen-bond donors (Lipinski definition) is 1. The van der Waals surface area contributed by atoms with Crippen molar-refractivity contribution in [2.45, 2.75) is 12.5 Å².